The number of alkyl halides is 1. The lowest BCUT2D eigenvalue weighted by atomic mass is 9.97. The molecule has 2 N–H and O–H groups in total. The van der Waals surface area contributed by atoms with E-state index in [0.29, 0.717) is 27.7 Å². The van der Waals surface area contributed by atoms with Gasteiger partial charge >= 0.3 is 0 Å². The molecule has 0 unspecified atom stereocenters. The van der Waals surface area contributed by atoms with Crippen molar-refractivity contribution < 1.29 is 9.13 Å². The molecule has 0 aliphatic heterocycles. The maximum atomic E-state index is 12.3. The molecule has 0 bridgehead atoms. The molecular formula is C21H16FN5OS. The molecule has 29 heavy (non-hydrogen) atoms. The number of nitrogen functional groups attached to an aromatic ring is 1. The number of ether oxygens (including phenoxy) is 1. The summed E-state index contributed by atoms with van der Waals surface area (Å²) in [4.78, 5) is 8.36. The Morgan fingerprint density at radius 1 is 1.10 bits per heavy atom. The maximum absolute atomic E-state index is 12.3. The van der Waals surface area contributed by atoms with Crippen LogP contribution in [0.15, 0.2) is 53.8 Å². The van der Waals surface area contributed by atoms with Gasteiger partial charge in [0, 0.05) is 23.7 Å². The van der Waals surface area contributed by atoms with Crippen LogP contribution in [0.2, 0.25) is 0 Å². The first-order valence-electron chi connectivity index (χ1n) is 8.62. The molecule has 0 atom stereocenters. The Balaban J connectivity index is 2.02. The number of nitrogens with two attached hydrogens (primary N) is 1. The van der Waals surface area contributed by atoms with Crippen LogP contribution in [0.25, 0.3) is 11.1 Å². The summed E-state index contributed by atoms with van der Waals surface area (Å²) in [6, 6.07) is 14.7. The molecule has 0 spiro atoms. The van der Waals surface area contributed by atoms with Crippen molar-refractivity contribution in [2.75, 3.05) is 19.0 Å². The highest BCUT2D eigenvalue weighted by atomic mass is 32.2. The van der Waals surface area contributed by atoms with Crippen molar-refractivity contribution in [3.63, 3.8) is 0 Å². The van der Waals surface area contributed by atoms with Gasteiger partial charge in [0.1, 0.15) is 47.6 Å². The molecule has 2 aromatic heterocycles. The molecular weight excluding hydrogens is 389 g/mol. The average Bonchev–Trinajstić information content (AvgIpc) is 2.76. The van der Waals surface area contributed by atoms with Crippen LogP contribution in [0.3, 0.4) is 0 Å². The highest BCUT2D eigenvalue weighted by Crippen LogP contribution is 2.37. The second-order valence-corrected chi connectivity index (χ2v) is 6.83. The highest BCUT2D eigenvalue weighted by Gasteiger charge is 2.20. The summed E-state index contributed by atoms with van der Waals surface area (Å²) in [6.07, 6.45) is 3.43. The lowest BCUT2D eigenvalue weighted by Gasteiger charge is -2.13. The summed E-state index contributed by atoms with van der Waals surface area (Å²) < 4.78 is 17.5. The standard InChI is InChI=1S/C21H16FN5OS/c22-7-9-28-16-5-3-15(4-6-16)19-17(10-23)20(25)27-21(18(19)11-24)29-13-14-2-1-8-26-12-14/h1-6,8,12H,7,9,13H2,(H2,25,27). The van der Waals surface area contributed by atoms with E-state index in [9.17, 15) is 14.9 Å². The fourth-order valence-corrected chi connectivity index (χ4v) is 3.63. The predicted molar refractivity (Wildman–Crippen MR) is 109 cm³/mol. The minimum atomic E-state index is -0.586. The van der Waals surface area contributed by atoms with Crippen LogP contribution in [0.1, 0.15) is 16.7 Å². The lowest BCUT2D eigenvalue weighted by molar-refractivity contribution is 0.273. The molecule has 3 rings (SSSR count). The van der Waals surface area contributed by atoms with Gasteiger partial charge in [-0.3, -0.25) is 4.98 Å². The van der Waals surface area contributed by atoms with Gasteiger partial charge in [-0.05, 0) is 29.3 Å². The van der Waals surface area contributed by atoms with Gasteiger partial charge in [0.05, 0.1) is 5.56 Å². The van der Waals surface area contributed by atoms with Crippen molar-refractivity contribution in [1.82, 2.24) is 9.97 Å². The van der Waals surface area contributed by atoms with Crippen LogP contribution in [-0.2, 0) is 5.75 Å². The molecule has 0 aliphatic rings. The Morgan fingerprint density at radius 2 is 1.86 bits per heavy atom. The van der Waals surface area contributed by atoms with Crippen LogP contribution in [0.5, 0.6) is 5.75 Å². The minimum Gasteiger partial charge on any atom is -0.491 e. The number of benzene rings is 1. The Morgan fingerprint density at radius 3 is 2.48 bits per heavy atom. The van der Waals surface area contributed by atoms with Gasteiger partial charge in [0.2, 0.25) is 0 Å². The number of anilines is 1. The summed E-state index contributed by atoms with van der Waals surface area (Å²) in [6.45, 7) is -0.624. The first-order chi connectivity index (χ1) is 14.2. The van der Waals surface area contributed by atoms with E-state index in [1.165, 1.54) is 11.8 Å². The minimum absolute atomic E-state index is 0.0381. The van der Waals surface area contributed by atoms with Crippen LogP contribution in [0.4, 0.5) is 10.2 Å². The summed E-state index contributed by atoms with van der Waals surface area (Å²) in [5.41, 5.74) is 8.47. The fraction of sp³-hybridized carbons (Fsp3) is 0.143. The monoisotopic (exact) mass is 405 g/mol. The zero-order valence-corrected chi connectivity index (χ0v) is 16.1. The first kappa shape index (κ1) is 20.1. The Labute approximate surface area is 171 Å². The normalized spacial score (nSPS) is 10.2. The number of pyridine rings is 2. The number of nitrogens with zero attached hydrogens (tertiary/aromatic N) is 4. The predicted octanol–water partition coefficient (Wildman–Crippen LogP) is 4.11. The SMILES string of the molecule is N#Cc1c(N)nc(SCc2cccnc2)c(C#N)c1-c1ccc(OCCF)cc1. The van der Waals surface area contributed by atoms with Gasteiger partial charge in [0.15, 0.2) is 0 Å². The van der Waals surface area contributed by atoms with Crippen molar-refractivity contribution in [3.8, 4) is 29.0 Å². The van der Waals surface area contributed by atoms with E-state index in [1.807, 2.05) is 18.2 Å². The van der Waals surface area contributed by atoms with Crippen molar-refractivity contribution in [3.05, 3.63) is 65.5 Å². The second-order valence-electron chi connectivity index (χ2n) is 5.86. The second kappa shape index (κ2) is 9.54. The van der Waals surface area contributed by atoms with Crippen LogP contribution in [0, 0.1) is 22.7 Å². The molecule has 0 saturated carbocycles. The number of thioether (sulfide) groups is 1. The van der Waals surface area contributed by atoms with Crippen LogP contribution < -0.4 is 10.5 Å². The zero-order valence-electron chi connectivity index (χ0n) is 15.3. The highest BCUT2D eigenvalue weighted by molar-refractivity contribution is 7.98. The zero-order chi connectivity index (χ0) is 20.6. The van der Waals surface area contributed by atoms with Crippen LogP contribution in [-0.4, -0.2) is 23.2 Å². The van der Waals surface area contributed by atoms with Gasteiger partial charge in [-0.2, -0.15) is 10.5 Å². The van der Waals surface area contributed by atoms with Gasteiger partial charge < -0.3 is 10.5 Å². The smallest absolute Gasteiger partial charge is 0.143 e. The molecule has 0 amide bonds. The summed E-state index contributed by atoms with van der Waals surface area (Å²) in [5, 5.41) is 19.8. The fourth-order valence-electron chi connectivity index (χ4n) is 2.70. The number of hydrogen-bond acceptors (Lipinski definition) is 7. The summed E-state index contributed by atoms with van der Waals surface area (Å²) in [5.74, 6) is 1.11. The van der Waals surface area contributed by atoms with Crippen molar-refractivity contribution in [2.24, 2.45) is 0 Å². The largest absolute Gasteiger partial charge is 0.491 e. The summed E-state index contributed by atoms with van der Waals surface area (Å²) in [7, 11) is 0. The first-order valence-corrected chi connectivity index (χ1v) is 9.61. The van der Waals surface area contributed by atoms with Crippen molar-refractivity contribution in [2.45, 2.75) is 10.8 Å². The molecule has 0 radical (unpaired) electrons. The van der Waals surface area contributed by atoms with E-state index < -0.39 is 6.67 Å². The van der Waals surface area contributed by atoms with Gasteiger partial charge in [0.25, 0.3) is 0 Å². The Kier molecular flexibility index (Phi) is 6.62. The van der Waals surface area contributed by atoms with E-state index >= 15 is 0 Å². The van der Waals surface area contributed by atoms with Crippen molar-refractivity contribution in [1.29, 1.82) is 10.5 Å². The molecule has 0 saturated heterocycles. The molecule has 6 nitrogen and oxygen atoms in total. The van der Waals surface area contributed by atoms with E-state index in [2.05, 4.69) is 16.0 Å². The van der Waals surface area contributed by atoms with E-state index in [4.69, 9.17) is 10.5 Å². The lowest BCUT2D eigenvalue weighted by Crippen LogP contribution is -2.03. The van der Waals surface area contributed by atoms with E-state index in [1.54, 1.807) is 36.7 Å². The van der Waals surface area contributed by atoms with E-state index in [0.717, 1.165) is 5.56 Å². The molecule has 2 heterocycles. The number of halogens is 1. The topological polar surface area (TPSA) is 109 Å². The van der Waals surface area contributed by atoms with Crippen LogP contribution >= 0.6 is 11.8 Å². The van der Waals surface area contributed by atoms with Gasteiger partial charge in [-0.15, -0.1) is 11.8 Å². The molecule has 8 heteroatoms. The number of nitriles is 2. The third-order valence-corrected chi connectivity index (χ3v) is 5.05. The molecule has 0 fully saturated rings. The van der Waals surface area contributed by atoms with Crippen molar-refractivity contribution >= 4 is 17.6 Å². The number of hydrogen-bond donors (Lipinski definition) is 1. The third kappa shape index (κ3) is 4.63. The molecule has 0 aliphatic carbocycles. The Hall–Kier alpha value is -3.62. The maximum Gasteiger partial charge on any atom is 0.143 e. The van der Waals surface area contributed by atoms with E-state index in [-0.39, 0.29) is 23.6 Å². The molecule has 144 valence electrons. The third-order valence-electron chi connectivity index (χ3n) is 4.00. The molecule has 1 aromatic carbocycles. The Bertz CT molecular complexity index is 1080. The van der Waals surface area contributed by atoms with Gasteiger partial charge in [-0.1, -0.05) is 18.2 Å². The van der Waals surface area contributed by atoms with Gasteiger partial charge in [-0.25, -0.2) is 9.37 Å². The number of rotatable bonds is 7. The average molecular weight is 405 g/mol. The molecule has 3 aromatic rings. The summed E-state index contributed by atoms with van der Waals surface area (Å²) >= 11 is 1.35. The quantitative estimate of drug-likeness (QED) is 0.589. The number of aromatic nitrogens is 2.